The van der Waals surface area contributed by atoms with Gasteiger partial charge in [0.25, 0.3) is 10.0 Å². The van der Waals surface area contributed by atoms with Crippen molar-refractivity contribution in [3.63, 3.8) is 0 Å². The van der Waals surface area contributed by atoms with Crippen LogP contribution >= 0.6 is 45.8 Å². The average Bonchev–Trinajstić information content (AvgIpc) is 3.51. The highest BCUT2D eigenvalue weighted by molar-refractivity contribution is 8.00. The lowest BCUT2D eigenvalue weighted by molar-refractivity contribution is -0.120. The molecule has 0 aliphatic carbocycles. The molecule has 0 saturated carbocycles. The third-order valence-corrected chi connectivity index (χ3v) is 11.7. The van der Waals surface area contributed by atoms with E-state index in [0.29, 0.717) is 35.3 Å². The number of nitrogens with one attached hydrogen (secondary N) is 1. The molecule has 12 heteroatoms. The number of piperidine rings is 1. The predicted octanol–water partition coefficient (Wildman–Crippen LogP) is 4.73. The van der Waals surface area contributed by atoms with Crippen LogP contribution < -0.4 is 5.32 Å². The van der Waals surface area contributed by atoms with Crippen molar-refractivity contribution in [2.75, 3.05) is 24.7 Å². The van der Waals surface area contributed by atoms with Gasteiger partial charge in [0.2, 0.25) is 5.91 Å². The normalized spacial score (nSPS) is 16.3. The van der Waals surface area contributed by atoms with Crippen molar-refractivity contribution in [2.45, 2.75) is 21.4 Å². The van der Waals surface area contributed by atoms with Crippen molar-refractivity contribution < 1.29 is 13.2 Å². The van der Waals surface area contributed by atoms with E-state index >= 15 is 0 Å². The Bertz CT molecular complexity index is 1350. The number of thioether (sulfide) groups is 1. The number of thiophene rings is 1. The highest BCUT2D eigenvalue weighted by Gasteiger charge is 2.32. The highest BCUT2D eigenvalue weighted by atomic mass is 32.2. The molecule has 1 amide bonds. The SMILES string of the molecule is CSc1nc2ccc3nc(NC(=O)C4CCN(S(=O)(=O)c5cccs5)CC4)sc3c2s1. The Labute approximate surface area is 195 Å². The van der Waals surface area contributed by atoms with Gasteiger partial charge in [-0.2, -0.15) is 4.31 Å². The van der Waals surface area contributed by atoms with Gasteiger partial charge in [-0.1, -0.05) is 29.2 Å². The third-order valence-electron chi connectivity index (χ3n) is 5.21. The zero-order valence-electron chi connectivity index (χ0n) is 16.4. The van der Waals surface area contributed by atoms with Gasteiger partial charge in [0, 0.05) is 19.0 Å². The molecule has 0 atom stereocenters. The van der Waals surface area contributed by atoms with E-state index < -0.39 is 10.0 Å². The Morgan fingerprint density at radius 2 is 1.84 bits per heavy atom. The van der Waals surface area contributed by atoms with Crippen molar-refractivity contribution in [3.05, 3.63) is 29.6 Å². The van der Waals surface area contributed by atoms with Gasteiger partial charge < -0.3 is 5.32 Å². The first-order chi connectivity index (χ1) is 15.0. The van der Waals surface area contributed by atoms with Crippen molar-refractivity contribution in [1.82, 2.24) is 14.3 Å². The number of benzene rings is 1. The summed E-state index contributed by atoms with van der Waals surface area (Å²) in [5.41, 5.74) is 1.80. The van der Waals surface area contributed by atoms with Gasteiger partial charge in [0.15, 0.2) is 9.47 Å². The Kier molecular flexibility index (Phi) is 5.78. The molecule has 0 unspecified atom stereocenters. The summed E-state index contributed by atoms with van der Waals surface area (Å²) in [5, 5.41) is 5.28. The highest BCUT2D eigenvalue weighted by Crippen LogP contribution is 2.38. The van der Waals surface area contributed by atoms with Crippen molar-refractivity contribution in [2.24, 2.45) is 5.92 Å². The number of amides is 1. The van der Waals surface area contributed by atoms with E-state index in [1.54, 1.807) is 40.6 Å². The van der Waals surface area contributed by atoms with E-state index in [2.05, 4.69) is 15.3 Å². The molecule has 31 heavy (non-hydrogen) atoms. The molecule has 4 aromatic rings. The van der Waals surface area contributed by atoms with Crippen LogP contribution in [-0.4, -0.2) is 47.9 Å². The second kappa shape index (κ2) is 8.41. The van der Waals surface area contributed by atoms with Crippen LogP contribution in [0.5, 0.6) is 0 Å². The van der Waals surface area contributed by atoms with E-state index in [9.17, 15) is 13.2 Å². The van der Waals surface area contributed by atoms with Crippen LogP contribution in [0.1, 0.15) is 12.8 Å². The molecule has 1 fully saturated rings. The molecular weight excluding hydrogens is 493 g/mol. The summed E-state index contributed by atoms with van der Waals surface area (Å²) in [6.07, 6.45) is 3.00. The number of hydrogen-bond acceptors (Lipinski definition) is 9. The van der Waals surface area contributed by atoms with Crippen LogP contribution in [0, 0.1) is 5.92 Å². The third kappa shape index (κ3) is 4.00. The molecule has 4 heterocycles. The van der Waals surface area contributed by atoms with Crippen molar-refractivity contribution in [3.8, 4) is 0 Å². The van der Waals surface area contributed by atoms with Gasteiger partial charge in [0.05, 0.1) is 20.4 Å². The maximum Gasteiger partial charge on any atom is 0.252 e. The van der Waals surface area contributed by atoms with Gasteiger partial charge in [-0.15, -0.1) is 22.7 Å². The summed E-state index contributed by atoms with van der Waals surface area (Å²) in [7, 11) is -3.46. The summed E-state index contributed by atoms with van der Waals surface area (Å²) in [6.45, 7) is 0.689. The topological polar surface area (TPSA) is 92.3 Å². The zero-order chi connectivity index (χ0) is 21.6. The zero-order valence-corrected chi connectivity index (χ0v) is 20.5. The standard InChI is InChI=1S/C19H18N4O3S5/c1-27-19-21-13-5-4-12-15(16(13)30-19)29-18(20-12)22-17(24)11-6-8-23(9-7-11)31(25,26)14-3-2-10-28-14/h2-5,10-11H,6-9H2,1H3,(H,20,22,24). The lowest BCUT2D eigenvalue weighted by Crippen LogP contribution is -2.41. The lowest BCUT2D eigenvalue weighted by atomic mass is 9.97. The summed E-state index contributed by atoms with van der Waals surface area (Å²) in [4.78, 5) is 22.0. The molecule has 0 bridgehead atoms. The first-order valence-corrected chi connectivity index (χ1v) is 14.7. The van der Waals surface area contributed by atoms with Crippen LogP contribution in [-0.2, 0) is 14.8 Å². The molecule has 1 aliphatic rings. The monoisotopic (exact) mass is 510 g/mol. The van der Waals surface area contributed by atoms with E-state index in [1.807, 2.05) is 18.4 Å². The molecule has 7 nitrogen and oxygen atoms in total. The second-order valence-electron chi connectivity index (χ2n) is 7.06. The first-order valence-electron chi connectivity index (χ1n) is 9.54. The number of carbonyl (C=O) groups excluding carboxylic acids is 1. The summed E-state index contributed by atoms with van der Waals surface area (Å²) < 4.78 is 30.3. The Balaban J connectivity index is 1.28. The number of aromatic nitrogens is 2. The van der Waals surface area contributed by atoms with Gasteiger partial charge in [-0.05, 0) is 42.7 Å². The quantitative estimate of drug-likeness (QED) is 0.390. The molecule has 0 radical (unpaired) electrons. The van der Waals surface area contributed by atoms with Crippen LogP contribution in [0.15, 0.2) is 38.2 Å². The minimum Gasteiger partial charge on any atom is -0.302 e. The molecule has 1 aliphatic heterocycles. The number of thiazole rings is 2. The minimum absolute atomic E-state index is 0.0995. The Morgan fingerprint density at radius 3 is 2.52 bits per heavy atom. The van der Waals surface area contributed by atoms with Crippen molar-refractivity contribution in [1.29, 1.82) is 0 Å². The molecule has 1 aromatic carbocycles. The van der Waals surface area contributed by atoms with Gasteiger partial charge >= 0.3 is 0 Å². The average molecular weight is 511 g/mol. The molecular formula is C19H18N4O3S5. The lowest BCUT2D eigenvalue weighted by Gasteiger charge is -2.29. The number of rotatable bonds is 5. The molecule has 0 spiro atoms. The Hall–Kier alpha value is -1.57. The Morgan fingerprint density at radius 1 is 1.13 bits per heavy atom. The smallest absolute Gasteiger partial charge is 0.252 e. The molecule has 1 N–H and O–H groups in total. The molecule has 3 aromatic heterocycles. The fourth-order valence-electron chi connectivity index (χ4n) is 3.60. The largest absolute Gasteiger partial charge is 0.302 e. The number of anilines is 1. The summed E-state index contributed by atoms with van der Waals surface area (Å²) in [6, 6.07) is 7.25. The van der Waals surface area contributed by atoms with E-state index in [1.165, 1.54) is 27.0 Å². The molecule has 162 valence electrons. The number of hydrogen-bond donors (Lipinski definition) is 1. The van der Waals surface area contributed by atoms with Crippen LogP contribution in [0.2, 0.25) is 0 Å². The fourth-order valence-corrected chi connectivity index (χ4v) is 8.87. The fraction of sp³-hybridized carbons (Fsp3) is 0.316. The van der Waals surface area contributed by atoms with Crippen LogP contribution in [0.4, 0.5) is 5.13 Å². The van der Waals surface area contributed by atoms with E-state index in [0.717, 1.165) is 24.8 Å². The summed E-state index contributed by atoms with van der Waals surface area (Å²) >= 11 is 5.93. The summed E-state index contributed by atoms with van der Waals surface area (Å²) in [5.74, 6) is -0.328. The minimum atomic E-state index is -3.46. The molecule has 5 rings (SSSR count). The van der Waals surface area contributed by atoms with E-state index in [4.69, 9.17) is 0 Å². The number of carbonyl (C=O) groups is 1. The maximum absolute atomic E-state index is 12.8. The first kappa shape index (κ1) is 21.3. The number of nitrogens with zero attached hydrogens (tertiary/aromatic N) is 3. The van der Waals surface area contributed by atoms with Crippen molar-refractivity contribution >= 4 is 87.3 Å². The van der Waals surface area contributed by atoms with Gasteiger partial charge in [-0.25, -0.2) is 18.4 Å². The van der Waals surface area contributed by atoms with E-state index in [-0.39, 0.29) is 11.8 Å². The van der Waals surface area contributed by atoms with Crippen LogP contribution in [0.25, 0.3) is 20.4 Å². The predicted molar refractivity (Wildman–Crippen MR) is 129 cm³/mol. The number of sulfonamides is 1. The van der Waals surface area contributed by atoms with Crippen LogP contribution in [0.3, 0.4) is 0 Å². The second-order valence-corrected chi connectivity index (χ2v) is 13.2. The molecule has 1 saturated heterocycles. The van der Waals surface area contributed by atoms with Gasteiger partial charge in [-0.3, -0.25) is 4.79 Å². The maximum atomic E-state index is 12.8. The van der Waals surface area contributed by atoms with Gasteiger partial charge in [0.1, 0.15) is 4.21 Å². The number of fused-ring (bicyclic) bond motifs is 3.